The first-order valence-electron chi connectivity index (χ1n) is 7.64. The molecule has 0 aliphatic rings. The summed E-state index contributed by atoms with van der Waals surface area (Å²) in [6.45, 7) is 0. The molecule has 0 saturated carbocycles. The van der Waals surface area contributed by atoms with Crippen LogP contribution >= 0.6 is 0 Å². The van der Waals surface area contributed by atoms with Gasteiger partial charge in [0.25, 0.3) is 18.2 Å². The molecule has 5 N–H and O–H groups in total. The van der Waals surface area contributed by atoms with E-state index in [1.54, 1.807) is 6.20 Å². The van der Waals surface area contributed by atoms with E-state index < -0.39 is 30.0 Å². The maximum absolute atomic E-state index is 12.6. The monoisotopic (exact) mass is 385 g/mol. The molecule has 1 aromatic heterocycles. The first kappa shape index (κ1) is 20.3. The van der Waals surface area contributed by atoms with Gasteiger partial charge in [-0.1, -0.05) is 5.92 Å². The van der Waals surface area contributed by atoms with Crippen molar-refractivity contribution < 1.29 is 23.6 Å². The van der Waals surface area contributed by atoms with Crippen molar-refractivity contribution in [3.63, 3.8) is 0 Å². The van der Waals surface area contributed by atoms with Crippen molar-refractivity contribution in [3.8, 4) is 23.7 Å². The first-order chi connectivity index (χ1) is 13.4. The molecule has 0 spiro atoms. The Bertz CT molecular complexity index is 980. The van der Waals surface area contributed by atoms with Crippen LogP contribution in [0.5, 0.6) is 0 Å². The van der Waals surface area contributed by atoms with E-state index in [-0.39, 0.29) is 5.56 Å². The molecule has 8 nitrogen and oxygen atoms in total. The lowest BCUT2D eigenvalue weighted by molar-refractivity contribution is -0.129. The van der Waals surface area contributed by atoms with E-state index in [9.17, 15) is 18.4 Å². The van der Waals surface area contributed by atoms with Crippen LogP contribution in [0.1, 0.15) is 21.6 Å². The third kappa shape index (κ3) is 5.49. The van der Waals surface area contributed by atoms with Gasteiger partial charge in [0, 0.05) is 11.1 Å². The zero-order valence-electron chi connectivity index (χ0n) is 14.1. The Morgan fingerprint density at radius 3 is 2.43 bits per heavy atom. The van der Waals surface area contributed by atoms with Crippen molar-refractivity contribution in [2.24, 2.45) is 0 Å². The Labute approximate surface area is 157 Å². The Morgan fingerprint density at radius 1 is 1.18 bits per heavy atom. The Kier molecular flexibility index (Phi) is 6.97. The fourth-order valence-electron chi connectivity index (χ4n) is 1.92. The van der Waals surface area contributed by atoms with Gasteiger partial charge < -0.3 is 15.7 Å². The number of hydroxylamine groups is 1. The maximum Gasteiger partial charge on any atom is 0.278 e. The number of aromatic amines is 1. The van der Waals surface area contributed by atoms with Gasteiger partial charge >= 0.3 is 0 Å². The number of carbonyl (C=O) groups is 2. The molecule has 1 aromatic carbocycles. The summed E-state index contributed by atoms with van der Waals surface area (Å²) in [7, 11) is 0. The van der Waals surface area contributed by atoms with E-state index in [4.69, 9.17) is 10.6 Å². The van der Waals surface area contributed by atoms with Gasteiger partial charge in [0.2, 0.25) is 0 Å². The second kappa shape index (κ2) is 9.62. The fraction of sp³-hybridized carbons (Fsp3) is 0.111. The molecule has 2 aromatic rings. The van der Waals surface area contributed by atoms with E-state index in [1.165, 1.54) is 30.6 Å². The summed E-state index contributed by atoms with van der Waals surface area (Å²) in [4.78, 5) is 30.1. The smallest absolute Gasteiger partial charge is 0.278 e. The summed E-state index contributed by atoms with van der Waals surface area (Å²) in [5.74, 6) is 8.50. The topological polar surface area (TPSA) is 131 Å². The van der Waals surface area contributed by atoms with Gasteiger partial charge in [-0.2, -0.15) is 0 Å². The van der Waals surface area contributed by atoms with Crippen LogP contribution in [-0.4, -0.2) is 45.2 Å². The third-order valence-electron chi connectivity index (χ3n) is 3.31. The summed E-state index contributed by atoms with van der Waals surface area (Å²) in [6, 6.07) is 3.72. The number of H-pyrrole nitrogens is 1. The van der Waals surface area contributed by atoms with Crippen LogP contribution in [0.2, 0.25) is 0 Å². The van der Waals surface area contributed by atoms with Crippen molar-refractivity contribution in [2.75, 3.05) is 0 Å². The molecule has 142 valence electrons. The van der Waals surface area contributed by atoms with E-state index in [0.717, 1.165) is 5.48 Å². The molecule has 2 amide bonds. The van der Waals surface area contributed by atoms with E-state index in [2.05, 4.69) is 33.6 Å². The molecule has 1 heterocycles. The molecule has 0 saturated heterocycles. The number of hydrogen-bond donors (Lipinski definition) is 5. The minimum atomic E-state index is -3.27. The Hall–Kier alpha value is -4.02. The number of nitrogens with one attached hydrogen (secondary N) is 4. The van der Waals surface area contributed by atoms with Crippen molar-refractivity contribution in [1.82, 2.24) is 20.8 Å². The summed E-state index contributed by atoms with van der Waals surface area (Å²) in [6.07, 6.45) is -0.248. The molecule has 1 atom stereocenters. The summed E-state index contributed by atoms with van der Waals surface area (Å²) in [5, 5.41) is 17.8. The number of rotatable bonds is 5. The van der Waals surface area contributed by atoms with Crippen molar-refractivity contribution >= 4 is 17.5 Å². The fourth-order valence-corrected chi connectivity index (χ4v) is 1.92. The molecule has 10 heteroatoms. The number of amides is 2. The van der Waals surface area contributed by atoms with E-state index in [1.807, 2.05) is 5.32 Å². The molecular weight excluding hydrogens is 372 g/mol. The average molecular weight is 385 g/mol. The Balaban J connectivity index is 2.06. The molecule has 0 fully saturated rings. The lowest BCUT2D eigenvalue weighted by Crippen LogP contribution is -2.52. The molecule has 0 unspecified atom stereocenters. The number of benzene rings is 1. The zero-order valence-corrected chi connectivity index (χ0v) is 14.1. The molecule has 0 bridgehead atoms. The number of aromatic nitrogens is 2. The average Bonchev–Trinajstić information content (AvgIpc) is 3.22. The number of nitrogens with zero attached hydrogens (tertiary/aromatic N) is 1. The number of carbonyl (C=O) groups excluding carboxylic acids is 2. The number of imidazole rings is 1. The van der Waals surface area contributed by atoms with Crippen LogP contribution in [0.3, 0.4) is 0 Å². The Morgan fingerprint density at radius 2 is 1.86 bits per heavy atom. The third-order valence-corrected chi connectivity index (χ3v) is 3.31. The van der Waals surface area contributed by atoms with Gasteiger partial charge in [-0.25, -0.2) is 19.2 Å². The second-order valence-electron chi connectivity index (χ2n) is 5.18. The van der Waals surface area contributed by atoms with Gasteiger partial charge in [0.15, 0.2) is 6.04 Å². The predicted molar refractivity (Wildman–Crippen MR) is 93.7 cm³/mol. The molecule has 0 aliphatic heterocycles. The SMILES string of the molecule is N=C(C(F)F)[C@H](NC(=O)c1ccc(C#CC#Cc2cnc[nH]2)cc1)C(=O)NO. The van der Waals surface area contributed by atoms with Gasteiger partial charge in [-0.3, -0.25) is 14.8 Å². The second-order valence-corrected chi connectivity index (χ2v) is 5.18. The highest BCUT2D eigenvalue weighted by Crippen LogP contribution is 2.06. The van der Waals surface area contributed by atoms with Gasteiger partial charge in [-0.05, 0) is 42.0 Å². The molecule has 0 aliphatic carbocycles. The number of halogens is 2. The van der Waals surface area contributed by atoms with Crippen molar-refractivity contribution in [3.05, 3.63) is 53.6 Å². The minimum Gasteiger partial charge on any atom is -0.338 e. The summed E-state index contributed by atoms with van der Waals surface area (Å²) >= 11 is 0. The molecule has 2 rings (SSSR count). The molecule has 28 heavy (non-hydrogen) atoms. The minimum absolute atomic E-state index is 0.0481. The lowest BCUT2D eigenvalue weighted by Gasteiger charge is -2.17. The van der Waals surface area contributed by atoms with E-state index >= 15 is 0 Å². The highest BCUT2D eigenvalue weighted by atomic mass is 19.3. The van der Waals surface area contributed by atoms with Gasteiger partial charge in [0.1, 0.15) is 11.4 Å². The lowest BCUT2D eigenvalue weighted by atomic mass is 10.1. The van der Waals surface area contributed by atoms with Crippen molar-refractivity contribution in [2.45, 2.75) is 12.5 Å². The highest BCUT2D eigenvalue weighted by molar-refractivity contribution is 6.11. The first-order valence-corrected chi connectivity index (χ1v) is 7.64. The molecule has 0 radical (unpaired) electrons. The highest BCUT2D eigenvalue weighted by Gasteiger charge is 2.30. The van der Waals surface area contributed by atoms with Crippen molar-refractivity contribution in [1.29, 1.82) is 5.41 Å². The van der Waals surface area contributed by atoms with Crippen LogP contribution in [0.25, 0.3) is 0 Å². The van der Waals surface area contributed by atoms with Crippen LogP contribution < -0.4 is 10.8 Å². The largest absolute Gasteiger partial charge is 0.338 e. The maximum atomic E-state index is 12.6. The zero-order chi connectivity index (χ0) is 20.5. The van der Waals surface area contributed by atoms with Crippen LogP contribution in [0.15, 0.2) is 36.8 Å². The van der Waals surface area contributed by atoms with Crippen LogP contribution in [0, 0.1) is 29.1 Å². The van der Waals surface area contributed by atoms with Crippen LogP contribution in [-0.2, 0) is 4.79 Å². The standard InChI is InChI=1S/C18H13F2N5O3/c19-16(20)14(21)15(18(27)25-28)24-17(26)12-7-5-11(6-8-12)3-1-2-4-13-9-22-10-23-13/h5-10,15-16,21,28H,(H,22,23)(H,24,26)(H,25,27)/t15-/m0/s1. The van der Waals surface area contributed by atoms with Gasteiger partial charge in [0.05, 0.1) is 12.5 Å². The normalized spacial score (nSPS) is 10.7. The summed E-state index contributed by atoms with van der Waals surface area (Å²) < 4.78 is 25.3. The number of alkyl halides is 2. The van der Waals surface area contributed by atoms with Gasteiger partial charge in [-0.15, -0.1) is 0 Å². The quantitative estimate of drug-likeness (QED) is 0.224. The van der Waals surface area contributed by atoms with E-state index in [0.29, 0.717) is 11.3 Å². The van der Waals surface area contributed by atoms with Crippen LogP contribution in [0.4, 0.5) is 8.78 Å². The molecular formula is C18H13F2N5O3. The predicted octanol–water partition coefficient (Wildman–Crippen LogP) is 0.702. The summed E-state index contributed by atoms with van der Waals surface area (Å²) in [5.41, 5.74) is 0.990. The number of hydrogen-bond acceptors (Lipinski definition) is 5.